The number of rotatable bonds is 4. The molecule has 1 aromatic carbocycles. The van der Waals surface area contributed by atoms with Crippen molar-refractivity contribution in [1.29, 1.82) is 0 Å². The number of nitrogens with zero attached hydrogens (tertiary/aromatic N) is 3. The maximum Gasteiger partial charge on any atom is 0.129 e. The summed E-state index contributed by atoms with van der Waals surface area (Å²) in [5.74, 6) is 0.781. The number of imidazole rings is 1. The molecule has 2 aromatic rings. The van der Waals surface area contributed by atoms with Crippen molar-refractivity contribution in [2.45, 2.75) is 50.7 Å². The fraction of sp³-hybridized carbons (Fsp3) is 0.550. The first-order valence-electron chi connectivity index (χ1n) is 9.36. The molecule has 4 rings (SSSR count). The summed E-state index contributed by atoms with van der Waals surface area (Å²) in [6.45, 7) is 1.37. The lowest BCUT2D eigenvalue weighted by atomic mass is 10.0. The van der Waals surface area contributed by atoms with Crippen LogP contribution >= 0.6 is 0 Å². The van der Waals surface area contributed by atoms with Crippen LogP contribution in [0.1, 0.15) is 60.6 Å². The highest BCUT2D eigenvalue weighted by atomic mass is 19.1. The van der Waals surface area contributed by atoms with Crippen molar-refractivity contribution in [2.24, 2.45) is 7.05 Å². The summed E-state index contributed by atoms with van der Waals surface area (Å²) in [5, 5.41) is 10.5. The van der Waals surface area contributed by atoms with Crippen LogP contribution < -0.4 is 0 Å². The third kappa shape index (κ3) is 3.11. The van der Waals surface area contributed by atoms with Crippen molar-refractivity contribution >= 4 is 0 Å². The van der Waals surface area contributed by atoms with Gasteiger partial charge in [-0.25, -0.2) is 9.37 Å². The van der Waals surface area contributed by atoms with E-state index in [9.17, 15) is 9.50 Å². The second-order valence-corrected chi connectivity index (χ2v) is 7.32. The molecule has 134 valence electrons. The molecule has 0 radical (unpaired) electrons. The SMILES string of the molecule is Cn1c([C@H]2CCCN2C[C@H](O)c2ccccc2F)nc2c1CCCC2. The Morgan fingerprint density at radius 3 is 2.84 bits per heavy atom. The van der Waals surface area contributed by atoms with Gasteiger partial charge in [-0.05, 0) is 51.1 Å². The molecular weight excluding hydrogens is 317 g/mol. The van der Waals surface area contributed by atoms with E-state index >= 15 is 0 Å². The molecule has 1 aliphatic heterocycles. The van der Waals surface area contributed by atoms with Crippen LogP contribution in [0.2, 0.25) is 0 Å². The van der Waals surface area contributed by atoms with Gasteiger partial charge in [-0.15, -0.1) is 0 Å². The van der Waals surface area contributed by atoms with Gasteiger partial charge in [0.25, 0.3) is 0 Å². The zero-order valence-corrected chi connectivity index (χ0v) is 14.8. The smallest absolute Gasteiger partial charge is 0.129 e. The Labute approximate surface area is 148 Å². The topological polar surface area (TPSA) is 41.3 Å². The van der Waals surface area contributed by atoms with Crippen LogP contribution in [0.3, 0.4) is 0 Å². The van der Waals surface area contributed by atoms with Crippen molar-refractivity contribution < 1.29 is 9.50 Å². The minimum atomic E-state index is -0.809. The quantitative estimate of drug-likeness (QED) is 0.926. The van der Waals surface area contributed by atoms with Crippen LogP contribution in [0.25, 0.3) is 0 Å². The molecule has 1 N–H and O–H groups in total. The van der Waals surface area contributed by atoms with Gasteiger partial charge in [0.1, 0.15) is 11.6 Å². The third-order valence-corrected chi connectivity index (χ3v) is 5.74. The van der Waals surface area contributed by atoms with Crippen molar-refractivity contribution in [1.82, 2.24) is 14.5 Å². The van der Waals surface area contributed by atoms with E-state index < -0.39 is 6.10 Å². The third-order valence-electron chi connectivity index (χ3n) is 5.74. The van der Waals surface area contributed by atoms with Gasteiger partial charge in [-0.2, -0.15) is 0 Å². The molecule has 0 unspecified atom stereocenters. The number of hydrogen-bond acceptors (Lipinski definition) is 3. The Bertz CT molecular complexity index is 757. The van der Waals surface area contributed by atoms with Gasteiger partial charge in [0.05, 0.1) is 17.8 Å². The van der Waals surface area contributed by atoms with E-state index in [-0.39, 0.29) is 11.9 Å². The maximum atomic E-state index is 14.0. The molecular formula is C20H26FN3O. The van der Waals surface area contributed by atoms with Crippen LogP contribution in [0, 0.1) is 5.82 Å². The van der Waals surface area contributed by atoms with E-state index in [0.717, 1.165) is 38.1 Å². The molecule has 2 atom stereocenters. The summed E-state index contributed by atoms with van der Waals surface area (Å²) in [5.41, 5.74) is 3.01. The number of benzene rings is 1. The maximum absolute atomic E-state index is 14.0. The molecule has 1 aliphatic carbocycles. The highest BCUT2D eigenvalue weighted by Gasteiger charge is 2.33. The summed E-state index contributed by atoms with van der Waals surface area (Å²) in [7, 11) is 2.12. The van der Waals surface area contributed by atoms with E-state index in [0.29, 0.717) is 12.1 Å². The van der Waals surface area contributed by atoms with Gasteiger partial charge in [0.15, 0.2) is 0 Å². The van der Waals surface area contributed by atoms with Crippen LogP contribution in [-0.2, 0) is 19.9 Å². The molecule has 0 bridgehead atoms. The molecule has 4 nitrogen and oxygen atoms in total. The van der Waals surface area contributed by atoms with Crippen LogP contribution in [0.15, 0.2) is 24.3 Å². The minimum Gasteiger partial charge on any atom is -0.387 e. The summed E-state index contributed by atoms with van der Waals surface area (Å²) in [6.07, 6.45) is 5.99. The minimum absolute atomic E-state index is 0.219. The van der Waals surface area contributed by atoms with Crippen molar-refractivity contribution in [2.75, 3.05) is 13.1 Å². The Morgan fingerprint density at radius 1 is 1.24 bits per heavy atom. The average molecular weight is 343 g/mol. The summed E-state index contributed by atoms with van der Waals surface area (Å²) in [6, 6.07) is 6.73. The van der Waals surface area contributed by atoms with E-state index in [1.807, 2.05) is 0 Å². The predicted octanol–water partition coefficient (Wildman–Crippen LogP) is 3.31. The van der Waals surface area contributed by atoms with Gasteiger partial charge in [0.2, 0.25) is 0 Å². The molecule has 0 amide bonds. The molecule has 1 saturated heterocycles. The van der Waals surface area contributed by atoms with Gasteiger partial charge in [-0.1, -0.05) is 18.2 Å². The van der Waals surface area contributed by atoms with E-state index in [4.69, 9.17) is 4.98 Å². The van der Waals surface area contributed by atoms with Crippen LogP contribution in [-0.4, -0.2) is 32.6 Å². The fourth-order valence-electron chi connectivity index (χ4n) is 4.41. The van der Waals surface area contributed by atoms with E-state index in [1.165, 1.54) is 30.3 Å². The highest BCUT2D eigenvalue weighted by molar-refractivity contribution is 5.23. The molecule has 2 heterocycles. The fourth-order valence-corrected chi connectivity index (χ4v) is 4.41. The number of aliphatic hydroxyl groups is 1. The van der Waals surface area contributed by atoms with Crippen LogP contribution in [0.4, 0.5) is 4.39 Å². The molecule has 1 aromatic heterocycles. The van der Waals surface area contributed by atoms with Crippen LogP contribution in [0.5, 0.6) is 0 Å². The Kier molecular flexibility index (Phi) is 4.61. The van der Waals surface area contributed by atoms with E-state index in [2.05, 4.69) is 16.5 Å². The number of aryl methyl sites for hydroxylation is 1. The Morgan fingerprint density at radius 2 is 2.04 bits per heavy atom. The molecule has 5 heteroatoms. The van der Waals surface area contributed by atoms with Crippen molar-refractivity contribution in [3.8, 4) is 0 Å². The second kappa shape index (κ2) is 6.89. The number of β-amino-alcohol motifs (C(OH)–C–C–N with tert-alkyl or cyclic N) is 1. The number of hydrogen-bond donors (Lipinski definition) is 1. The second-order valence-electron chi connectivity index (χ2n) is 7.32. The zero-order valence-electron chi connectivity index (χ0n) is 14.8. The molecule has 25 heavy (non-hydrogen) atoms. The Hall–Kier alpha value is -1.72. The van der Waals surface area contributed by atoms with E-state index in [1.54, 1.807) is 18.2 Å². The first-order valence-corrected chi connectivity index (χ1v) is 9.36. The van der Waals surface area contributed by atoms with Gasteiger partial charge in [0, 0.05) is 24.8 Å². The number of halogens is 1. The Balaban J connectivity index is 1.55. The summed E-state index contributed by atoms with van der Waals surface area (Å²) >= 11 is 0. The monoisotopic (exact) mass is 343 g/mol. The zero-order chi connectivity index (χ0) is 17.4. The van der Waals surface area contributed by atoms with Crippen molar-refractivity contribution in [3.05, 3.63) is 52.9 Å². The van der Waals surface area contributed by atoms with Gasteiger partial charge >= 0.3 is 0 Å². The predicted molar refractivity (Wildman–Crippen MR) is 94.8 cm³/mol. The number of aromatic nitrogens is 2. The lowest BCUT2D eigenvalue weighted by molar-refractivity contribution is 0.101. The lowest BCUT2D eigenvalue weighted by Gasteiger charge is -2.27. The van der Waals surface area contributed by atoms with Gasteiger partial charge in [-0.3, -0.25) is 4.90 Å². The largest absolute Gasteiger partial charge is 0.387 e. The first kappa shape index (κ1) is 16.7. The average Bonchev–Trinajstić information content (AvgIpc) is 3.20. The molecule has 2 aliphatic rings. The number of likely N-dealkylation sites (tertiary alicyclic amines) is 1. The summed E-state index contributed by atoms with van der Waals surface area (Å²) in [4.78, 5) is 7.21. The standard InChI is InChI=1S/C20H26FN3O/c1-23-17-10-5-4-9-16(17)22-20(23)18-11-6-12-24(18)13-19(25)14-7-2-3-8-15(14)21/h2-3,7-8,18-19,25H,4-6,9-13H2,1H3/t18-,19+/m1/s1. The molecule has 0 spiro atoms. The highest BCUT2D eigenvalue weighted by Crippen LogP contribution is 2.35. The molecule has 1 fully saturated rings. The lowest BCUT2D eigenvalue weighted by Crippen LogP contribution is -2.30. The normalized spacial score (nSPS) is 22.1. The van der Waals surface area contributed by atoms with Gasteiger partial charge < -0.3 is 9.67 Å². The number of aliphatic hydroxyl groups excluding tert-OH is 1. The summed E-state index contributed by atoms with van der Waals surface area (Å²) < 4.78 is 16.2. The molecule has 0 saturated carbocycles. The first-order chi connectivity index (χ1) is 12.1. The number of fused-ring (bicyclic) bond motifs is 1. The van der Waals surface area contributed by atoms with Crippen molar-refractivity contribution in [3.63, 3.8) is 0 Å².